The van der Waals surface area contributed by atoms with Crippen LogP contribution in [0.3, 0.4) is 0 Å². The number of rotatable bonds is 5. The quantitative estimate of drug-likeness (QED) is 0.541. The van der Waals surface area contributed by atoms with Crippen molar-refractivity contribution < 1.29 is 4.42 Å². The SMILES string of the molecule is Cc1cc([C@@H]2[C@@H](c3ccccn3)NC(=S)N2C2CCCCC2)c(C)n1Cc1ccco1. The fourth-order valence-electron chi connectivity index (χ4n) is 5.38. The molecule has 4 heterocycles. The molecule has 6 heteroatoms. The first-order valence-corrected chi connectivity index (χ1v) is 11.7. The molecule has 0 unspecified atom stereocenters. The van der Waals surface area contributed by atoms with Crippen LogP contribution in [0, 0.1) is 13.8 Å². The number of pyridine rings is 1. The van der Waals surface area contributed by atoms with E-state index in [1.54, 1.807) is 6.26 Å². The first kappa shape index (κ1) is 20.3. The third kappa shape index (κ3) is 3.78. The predicted octanol–water partition coefficient (Wildman–Crippen LogP) is 5.45. The van der Waals surface area contributed by atoms with Crippen LogP contribution in [-0.4, -0.2) is 25.6 Å². The molecule has 0 amide bonds. The van der Waals surface area contributed by atoms with Crippen molar-refractivity contribution in [1.82, 2.24) is 19.8 Å². The van der Waals surface area contributed by atoms with Crippen molar-refractivity contribution >= 4 is 17.3 Å². The van der Waals surface area contributed by atoms with Crippen LogP contribution in [0.25, 0.3) is 0 Å². The summed E-state index contributed by atoms with van der Waals surface area (Å²) in [6.45, 7) is 5.15. The molecule has 2 aliphatic rings. The number of hydrogen-bond donors (Lipinski definition) is 1. The summed E-state index contributed by atoms with van der Waals surface area (Å²) in [6, 6.07) is 13.1. The summed E-state index contributed by atoms with van der Waals surface area (Å²) in [5.41, 5.74) is 4.89. The van der Waals surface area contributed by atoms with Gasteiger partial charge in [0.25, 0.3) is 0 Å². The maximum atomic E-state index is 5.92. The highest BCUT2D eigenvalue weighted by molar-refractivity contribution is 7.80. The minimum atomic E-state index is 0.0492. The Balaban J connectivity index is 1.57. The molecule has 2 fully saturated rings. The number of nitrogens with zero attached hydrogens (tertiary/aromatic N) is 3. The second kappa shape index (κ2) is 8.50. The van der Waals surface area contributed by atoms with Crippen LogP contribution in [0.2, 0.25) is 0 Å². The third-order valence-electron chi connectivity index (χ3n) is 6.93. The lowest BCUT2D eigenvalue weighted by Gasteiger charge is -2.37. The predicted molar refractivity (Wildman–Crippen MR) is 126 cm³/mol. The van der Waals surface area contributed by atoms with Gasteiger partial charge >= 0.3 is 0 Å². The first-order chi connectivity index (χ1) is 15.1. The van der Waals surface area contributed by atoms with E-state index in [0.29, 0.717) is 6.04 Å². The molecule has 5 rings (SSSR count). The molecule has 0 bridgehead atoms. The molecule has 1 saturated heterocycles. The van der Waals surface area contributed by atoms with Gasteiger partial charge in [0, 0.05) is 23.6 Å². The van der Waals surface area contributed by atoms with Gasteiger partial charge in [0.2, 0.25) is 0 Å². The summed E-state index contributed by atoms with van der Waals surface area (Å²) < 4.78 is 7.98. The zero-order valence-corrected chi connectivity index (χ0v) is 19.1. The van der Waals surface area contributed by atoms with Gasteiger partial charge in [-0.1, -0.05) is 25.3 Å². The summed E-state index contributed by atoms with van der Waals surface area (Å²) in [7, 11) is 0. The first-order valence-electron chi connectivity index (χ1n) is 11.3. The van der Waals surface area contributed by atoms with E-state index < -0.39 is 0 Å². The lowest BCUT2D eigenvalue weighted by atomic mass is 9.90. The minimum Gasteiger partial charge on any atom is -0.467 e. The molecule has 2 atom stereocenters. The van der Waals surface area contributed by atoms with Gasteiger partial charge in [-0.05, 0) is 74.8 Å². The van der Waals surface area contributed by atoms with Crippen molar-refractivity contribution in [1.29, 1.82) is 0 Å². The van der Waals surface area contributed by atoms with E-state index in [0.717, 1.165) is 23.1 Å². The van der Waals surface area contributed by atoms with Crippen LogP contribution >= 0.6 is 12.2 Å². The molecule has 31 heavy (non-hydrogen) atoms. The smallest absolute Gasteiger partial charge is 0.170 e. The molecule has 1 aliphatic heterocycles. The fourth-order valence-corrected chi connectivity index (χ4v) is 5.77. The van der Waals surface area contributed by atoms with E-state index in [4.69, 9.17) is 21.6 Å². The van der Waals surface area contributed by atoms with Gasteiger partial charge in [-0.3, -0.25) is 4.98 Å². The average molecular weight is 435 g/mol. The van der Waals surface area contributed by atoms with Crippen LogP contribution in [0.15, 0.2) is 53.3 Å². The van der Waals surface area contributed by atoms with Crippen molar-refractivity contribution in [3.05, 3.63) is 77.3 Å². The van der Waals surface area contributed by atoms with Gasteiger partial charge in [-0.2, -0.15) is 0 Å². The van der Waals surface area contributed by atoms with Crippen LogP contribution in [0.5, 0.6) is 0 Å². The molecule has 3 aromatic rings. The highest BCUT2D eigenvalue weighted by Crippen LogP contribution is 2.44. The second-order valence-corrected chi connectivity index (χ2v) is 9.20. The number of aryl methyl sites for hydroxylation is 1. The number of nitrogens with one attached hydrogen (secondary N) is 1. The average Bonchev–Trinajstić information content (AvgIpc) is 3.50. The Morgan fingerprint density at radius 1 is 1.13 bits per heavy atom. The zero-order chi connectivity index (χ0) is 21.4. The molecule has 3 aromatic heterocycles. The maximum absolute atomic E-state index is 5.92. The van der Waals surface area contributed by atoms with Gasteiger partial charge in [0.1, 0.15) is 5.76 Å². The molecular formula is C25H30N4OS. The Morgan fingerprint density at radius 3 is 2.68 bits per heavy atom. The standard InChI is InChI=1S/C25H30N4OS/c1-17-15-21(18(2)28(17)16-20-11-8-14-30-20)24-23(22-12-6-7-13-26-22)27-25(31)29(24)19-9-4-3-5-10-19/h6-8,11-15,19,23-24H,3-5,9-10,16H2,1-2H3,(H,27,31)/t23-,24-/m1/s1. The van der Waals surface area contributed by atoms with Crippen LogP contribution in [-0.2, 0) is 6.54 Å². The van der Waals surface area contributed by atoms with E-state index >= 15 is 0 Å². The van der Waals surface area contributed by atoms with E-state index in [1.165, 1.54) is 49.1 Å². The van der Waals surface area contributed by atoms with E-state index in [-0.39, 0.29) is 12.1 Å². The molecule has 162 valence electrons. The van der Waals surface area contributed by atoms with Gasteiger partial charge < -0.3 is 19.2 Å². The number of thiocarbonyl (C=S) groups is 1. The molecule has 0 radical (unpaired) electrons. The van der Waals surface area contributed by atoms with Crippen LogP contribution in [0.1, 0.15) is 72.6 Å². The fraction of sp³-hybridized carbons (Fsp3) is 0.440. The van der Waals surface area contributed by atoms with Crippen molar-refractivity contribution in [3.63, 3.8) is 0 Å². The maximum Gasteiger partial charge on any atom is 0.170 e. The molecule has 5 nitrogen and oxygen atoms in total. The highest BCUT2D eigenvalue weighted by Gasteiger charge is 2.44. The van der Waals surface area contributed by atoms with Gasteiger partial charge in [0.05, 0.1) is 30.6 Å². The van der Waals surface area contributed by atoms with Crippen molar-refractivity contribution in [2.45, 2.75) is 70.6 Å². The lowest BCUT2D eigenvalue weighted by molar-refractivity contribution is 0.196. The van der Waals surface area contributed by atoms with Crippen molar-refractivity contribution in [2.24, 2.45) is 0 Å². The van der Waals surface area contributed by atoms with Crippen molar-refractivity contribution in [3.8, 4) is 0 Å². The molecule has 1 aliphatic carbocycles. The van der Waals surface area contributed by atoms with Gasteiger partial charge in [-0.15, -0.1) is 0 Å². The minimum absolute atomic E-state index is 0.0492. The number of hydrogen-bond acceptors (Lipinski definition) is 3. The molecule has 0 spiro atoms. The second-order valence-electron chi connectivity index (χ2n) is 8.82. The van der Waals surface area contributed by atoms with Gasteiger partial charge in [0.15, 0.2) is 5.11 Å². The third-order valence-corrected chi connectivity index (χ3v) is 7.26. The summed E-state index contributed by atoms with van der Waals surface area (Å²) in [5, 5.41) is 4.50. The summed E-state index contributed by atoms with van der Waals surface area (Å²) in [6.07, 6.45) is 9.92. The summed E-state index contributed by atoms with van der Waals surface area (Å²) in [4.78, 5) is 7.19. The Hall–Kier alpha value is -2.60. The monoisotopic (exact) mass is 434 g/mol. The zero-order valence-electron chi connectivity index (χ0n) is 18.3. The largest absolute Gasteiger partial charge is 0.467 e. The highest BCUT2D eigenvalue weighted by atomic mass is 32.1. The van der Waals surface area contributed by atoms with E-state index in [9.17, 15) is 0 Å². The molecule has 0 aromatic carbocycles. The Labute approximate surface area is 189 Å². The summed E-state index contributed by atoms with van der Waals surface area (Å²) in [5.74, 6) is 0.971. The van der Waals surface area contributed by atoms with Crippen LogP contribution in [0.4, 0.5) is 0 Å². The topological polar surface area (TPSA) is 46.2 Å². The normalized spacial score (nSPS) is 22.1. The summed E-state index contributed by atoms with van der Waals surface area (Å²) >= 11 is 5.92. The Morgan fingerprint density at radius 2 is 1.97 bits per heavy atom. The Kier molecular flexibility index (Phi) is 5.57. The lowest BCUT2D eigenvalue weighted by Crippen LogP contribution is -2.40. The molecule has 1 saturated carbocycles. The molecule has 1 N–H and O–H groups in total. The number of aromatic nitrogens is 2. The van der Waals surface area contributed by atoms with E-state index in [1.807, 2.05) is 24.4 Å². The number of furan rings is 1. The van der Waals surface area contributed by atoms with Gasteiger partial charge in [-0.25, -0.2) is 0 Å². The van der Waals surface area contributed by atoms with Crippen LogP contribution < -0.4 is 5.32 Å². The van der Waals surface area contributed by atoms with Crippen molar-refractivity contribution in [2.75, 3.05) is 0 Å². The molecular weight excluding hydrogens is 404 g/mol. The van der Waals surface area contributed by atoms with E-state index in [2.05, 4.69) is 46.8 Å². The Bertz CT molecular complexity index is 1040.